The first-order valence-electron chi connectivity index (χ1n) is 5.73. The van der Waals surface area contributed by atoms with Crippen LogP contribution < -0.4 is 0 Å². The second-order valence-electron chi connectivity index (χ2n) is 4.53. The maximum atomic E-state index is 5.61. The van der Waals surface area contributed by atoms with E-state index in [4.69, 9.17) is 4.42 Å². The van der Waals surface area contributed by atoms with Crippen molar-refractivity contribution in [2.75, 3.05) is 13.6 Å². The molecule has 0 spiro atoms. The summed E-state index contributed by atoms with van der Waals surface area (Å²) in [6.07, 6.45) is 3.20. The van der Waals surface area contributed by atoms with Crippen LogP contribution in [0.5, 0.6) is 0 Å². The van der Waals surface area contributed by atoms with Crippen LogP contribution in [0.2, 0.25) is 0 Å². The van der Waals surface area contributed by atoms with E-state index in [2.05, 4.69) is 29.1 Å². The third-order valence-corrected chi connectivity index (χ3v) is 3.13. The van der Waals surface area contributed by atoms with Crippen molar-refractivity contribution in [3.05, 3.63) is 11.8 Å². The van der Waals surface area contributed by atoms with Crippen LogP contribution in [0, 0.1) is 5.92 Å². The fourth-order valence-corrected chi connectivity index (χ4v) is 2.23. The van der Waals surface area contributed by atoms with E-state index in [0.29, 0.717) is 6.04 Å². The third-order valence-electron chi connectivity index (χ3n) is 3.13. The predicted octanol–water partition coefficient (Wildman–Crippen LogP) is 2.03. The fraction of sp³-hybridized carbons (Fsp3) is 0.818. The zero-order chi connectivity index (χ0) is 10.8. The van der Waals surface area contributed by atoms with Crippen molar-refractivity contribution in [3.63, 3.8) is 0 Å². The highest BCUT2D eigenvalue weighted by molar-refractivity contribution is 4.93. The maximum Gasteiger partial charge on any atom is 0.233 e. The molecule has 84 valence electrons. The molecule has 0 N–H and O–H groups in total. The first kappa shape index (κ1) is 10.6. The molecule has 0 saturated carbocycles. The van der Waals surface area contributed by atoms with Gasteiger partial charge in [0.15, 0.2) is 0 Å². The van der Waals surface area contributed by atoms with Gasteiger partial charge in [0.1, 0.15) is 0 Å². The maximum absolute atomic E-state index is 5.61. The zero-order valence-electron chi connectivity index (χ0n) is 9.73. The first-order valence-corrected chi connectivity index (χ1v) is 5.73. The number of hydrogen-bond acceptors (Lipinski definition) is 4. The molecule has 0 radical (unpaired) electrons. The van der Waals surface area contributed by atoms with Crippen LogP contribution in [0.25, 0.3) is 0 Å². The second kappa shape index (κ2) is 4.31. The van der Waals surface area contributed by atoms with E-state index >= 15 is 0 Å². The summed E-state index contributed by atoms with van der Waals surface area (Å²) in [5.74, 6) is 2.32. The molecule has 0 amide bonds. The lowest BCUT2D eigenvalue weighted by Gasteiger charge is -2.33. The lowest BCUT2D eigenvalue weighted by Crippen LogP contribution is -2.34. The van der Waals surface area contributed by atoms with Gasteiger partial charge >= 0.3 is 0 Å². The average molecular weight is 209 g/mol. The highest BCUT2D eigenvalue weighted by Crippen LogP contribution is 2.30. The van der Waals surface area contributed by atoms with Crippen molar-refractivity contribution in [3.8, 4) is 0 Å². The third kappa shape index (κ3) is 2.20. The molecule has 1 aliphatic rings. The van der Waals surface area contributed by atoms with E-state index in [1.165, 1.54) is 6.42 Å². The van der Waals surface area contributed by atoms with Gasteiger partial charge in [-0.15, -0.1) is 10.2 Å². The van der Waals surface area contributed by atoms with Gasteiger partial charge < -0.3 is 4.42 Å². The number of rotatable bonds is 2. The molecule has 15 heavy (non-hydrogen) atoms. The Hall–Kier alpha value is -0.900. The predicted molar refractivity (Wildman–Crippen MR) is 57.4 cm³/mol. The molecule has 2 rings (SSSR count). The van der Waals surface area contributed by atoms with Gasteiger partial charge in [-0.25, -0.2) is 0 Å². The van der Waals surface area contributed by atoms with Crippen molar-refractivity contribution in [1.82, 2.24) is 15.1 Å². The standard InChI is InChI=1S/C11H19N3O/c1-4-10-12-13-11(15-10)9-6-5-8(2)7-14(9)3/h8-9H,4-7H2,1-3H3. The number of hydrogen-bond donors (Lipinski definition) is 0. The number of aryl methyl sites for hydroxylation is 1. The fourth-order valence-electron chi connectivity index (χ4n) is 2.23. The molecule has 1 saturated heterocycles. The van der Waals surface area contributed by atoms with Crippen LogP contribution in [0.3, 0.4) is 0 Å². The Labute approximate surface area is 90.7 Å². The van der Waals surface area contributed by atoms with Crippen LogP contribution in [-0.4, -0.2) is 28.7 Å². The molecule has 1 aliphatic heterocycles. The zero-order valence-corrected chi connectivity index (χ0v) is 9.73. The SMILES string of the molecule is CCc1nnc(C2CCC(C)CN2C)o1. The van der Waals surface area contributed by atoms with Crippen molar-refractivity contribution in [2.45, 2.75) is 39.2 Å². The molecule has 2 atom stereocenters. The number of piperidine rings is 1. The Kier molecular flexibility index (Phi) is 3.05. The van der Waals surface area contributed by atoms with E-state index in [1.54, 1.807) is 0 Å². The van der Waals surface area contributed by atoms with Crippen molar-refractivity contribution < 1.29 is 4.42 Å². The summed E-state index contributed by atoms with van der Waals surface area (Å²) < 4.78 is 5.61. The quantitative estimate of drug-likeness (QED) is 0.747. The smallest absolute Gasteiger partial charge is 0.233 e. The summed E-state index contributed by atoms with van der Waals surface area (Å²) >= 11 is 0. The van der Waals surface area contributed by atoms with Gasteiger partial charge in [0, 0.05) is 13.0 Å². The van der Waals surface area contributed by atoms with E-state index in [-0.39, 0.29) is 0 Å². The van der Waals surface area contributed by atoms with Crippen molar-refractivity contribution in [2.24, 2.45) is 5.92 Å². The minimum absolute atomic E-state index is 0.328. The topological polar surface area (TPSA) is 42.2 Å². The molecular formula is C11H19N3O. The molecular weight excluding hydrogens is 190 g/mol. The summed E-state index contributed by atoms with van der Waals surface area (Å²) in [7, 11) is 2.14. The number of likely N-dealkylation sites (tertiary alicyclic amines) is 1. The Balaban J connectivity index is 2.09. The Bertz CT molecular complexity index is 323. The van der Waals surface area contributed by atoms with Crippen LogP contribution in [0.1, 0.15) is 44.5 Å². The van der Waals surface area contributed by atoms with Gasteiger partial charge in [-0.2, -0.15) is 0 Å². The first-order chi connectivity index (χ1) is 7.20. The van der Waals surface area contributed by atoms with Crippen molar-refractivity contribution in [1.29, 1.82) is 0 Å². The molecule has 1 aromatic heterocycles. The molecule has 0 aromatic carbocycles. The van der Waals surface area contributed by atoms with E-state index < -0.39 is 0 Å². The highest BCUT2D eigenvalue weighted by atomic mass is 16.4. The van der Waals surface area contributed by atoms with Gasteiger partial charge in [0.05, 0.1) is 6.04 Å². The minimum atomic E-state index is 0.328. The largest absolute Gasteiger partial charge is 0.424 e. The molecule has 1 aromatic rings. The Morgan fingerprint density at radius 1 is 1.40 bits per heavy atom. The number of nitrogens with zero attached hydrogens (tertiary/aromatic N) is 3. The second-order valence-corrected chi connectivity index (χ2v) is 4.53. The molecule has 2 heterocycles. The van der Waals surface area contributed by atoms with Crippen LogP contribution in [0.15, 0.2) is 4.42 Å². The van der Waals surface area contributed by atoms with E-state index in [0.717, 1.165) is 37.1 Å². The van der Waals surface area contributed by atoms with Crippen molar-refractivity contribution >= 4 is 0 Å². The average Bonchev–Trinajstić information content (AvgIpc) is 2.66. The summed E-state index contributed by atoms with van der Waals surface area (Å²) in [6, 6.07) is 0.328. The van der Waals surface area contributed by atoms with Gasteiger partial charge in [-0.3, -0.25) is 4.90 Å². The highest BCUT2D eigenvalue weighted by Gasteiger charge is 2.28. The molecule has 0 bridgehead atoms. The van der Waals surface area contributed by atoms with Gasteiger partial charge in [0.25, 0.3) is 0 Å². The summed E-state index contributed by atoms with van der Waals surface area (Å²) in [5, 5.41) is 8.15. The molecule has 4 heteroatoms. The summed E-state index contributed by atoms with van der Waals surface area (Å²) in [6.45, 7) is 5.44. The van der Waals surface area contributed by atoms with E-state index in [1.807, 2.05) is 6.92 Å². The molecule has 0 aliphatic carbocycles. The molecule has 4 nitrogen and oxygen atoms in total. The summed E-state index contributed by atoms with van der Waals surface area (Å²) in [4.78, 5) is 2.32. The van der Waals surface area contributed by atoms with Gasteiger partial charge in [0.2, 0.25) is 11.8 Å². The molecule has 1 fully saturated rings. The van der Waals surface area contributed by atoms with Crippen LogP contribution >= 0.6 is 0 Å². The monoisotopic (exact) mass is 209 g/mol. The summed E-state index contributed by atoms with van der Waals surface area (Å²) in [5.41, 5.74) is 0. The Morgan fingerprint density at radius 3 is 2.80 bits per heavy atom. The van der Waals surface area contributed by atoms with Crippen LogP contribution in [-0.2, 0) is 6.42 Å². The normalized spacial score (nSPS) is 28.2. The lowest BCUT2D eigenvalue weighted by atomic mass is 9.95. The Morgan fingerprint density at radius 2 is 2.20 bits per heavy atom. The van der Waals surface area contributed by atoms with E-state index in [9.17, 15) is 0 Å². The lowest BCUT2D eigenvalue weighted by molar-refractivity contribution is 0.123. The number of aromatic nitrogens is 2. The van der Waals surface area contributed by atoms with Crippen LogP contribution in [0.4, 0.5) is 0 Å². The van der Waals surface area contributed by atoms with Gasteiger partial charge in [-0.05, 0) is 25.8 Å². The minimum Gasteiger partial charge on any atom is -0.424 e. The molecule has 2 unspecified atom stereocenters. The van der Waals surface area contributed by atoms with Gasteiger partial charge in [-0.1, -0.05) is 13.8 Å².